The molecule has 0 bridgehead atoms. The second-order valence-corrected chi connectivity index (χ2v) is 8.14. The van der Waals surface area contributed by atoms with Gasteiger partial charge in [-0.25, -0.2) is 4.98 Å². The number of fused-ring (bicyclic) bond motifs is 1. The number of nitrogens with zero attached hydrogens (tertiary/aromatic N) is 3. The van der Waals surface area contributed by atoms with E-state index in [0.29, 0.717) is 25.6 Å². The van der Waals surface area contributed by atoms with Gasteiger partial charge in [-0.15, -0.1) is 11.3 Å². The van der Waals surface area contributed by atoms with Crippen molar-refractivity contribution in [2.45, 2.75) is 6.54 Å². The fourth-order valence-corrected chi connectivity index (χ4v) is 4.35. The van der Waals surface area contributed by atoms with Crippen molar-refractivity contribution >= 4 is 28.1 Å². The molecule has 7 nitrogen and oxygen atoms in total. The molecule has 5 rings (SSSR count). The molecule has 8 heteroatoms. The summed E-state index contributed by atoms with van der Waals surface area (Å²) in [5.74, 6) is 1.61. The van der Waals surface area contributed by atoms with Crippen molar-refractivity contribution in [1.82, 2.24) is 14.8 Å². The summed E-state index contributed by atoms with van der Waals surface area (Å²) >= 11 is 1.45. The first-order valence-corrected chi connectivity index (χ1v) is 10.8. The third-order valence-electron chi connectivity index (χ3n) is 5.25. The molecule has 2 aliphatic rings. The van der Waals surface area contributed by atoms with E-state index in [0.717, 1.165) is 42.0 Å². The van der Waals surface area contributed by atoms with Crippen molar-refractivity contribution in [1.29, 1.82) is 0 Å². The number of aromatic nitrogens is 1. The quantitative estimate of drug-likeness (QED) is 0.678. The maximum Gasteiger partial charge on any atom is 0.273 e. The number of nitrogens with one attached hydrogen (secondary N) is 1. The van der Waals surface area contributed by atoms with Gasteiger partial charge in [0, 0.05) is 43.8 Å². The molecule has 0 radical (unpaired) electrons. The van der Waals surface area contributed by atoms with Crippen LogP contribution in [0.3, 0.4) is 0 Å². The van der Waals surface area contributed by atoms with Gasteiger partial charge in [0.2, 0.25) is 6.79 Å². The van der Waals surface area contributed by atoms with E-state index >= 15 is 0 Å². The zero-order valence-electron chi connectivity index (χ0n) is 16.4. The van der Waals surface area contributed by atoms with E-state index in [2.05, 4.69) is 21.3 Å². The summed E-state index contributed by atoms with van der Waals surface area (Å²) in [6.07, 6.45) is 0. The normalized spacial score (nSPS) is 15.9. The van der Waals surface area contributed by atoms with Gasteiger partial charge < -0.3 is 19.7 Å². The van der Waals surface area contributed by atoms with Gasteiger partial charge in [0.25, 0.3) is 5.91 Å². The highest BCUT2D eigenvalue weighted by atomic mass is 32.1. The van der Waals surface area contributed by atoms with E-state index in [4.69, 9.17) is 9.47 Å². The average molecular weight is 423 g/mol. The van der Waals surface area contributed by atoms with Gasteiger partial charge in [-0.1, -0.05) is 24.3 Å². The van der Waals surface area contributed by atoms with E-state index in [1.807, 2.05) is 52.7 Å². The van der Waals surface area contributed by atoms with Crippen molar-refractivity contribution in [2.24, 2.45) is 0 Å². The van der Waals surface area contributed by atoms with Crippen LogP contribution in [-0.2, 0) is 6.54 Å². The first-order valence-electron chi connectivity index (χ1n) is 9.92. The SMILES string of the molecule is O=C(c1csc(Nc2ccccc2)n1)N1CCN(Cc2ccc3c(c2)OCO3)CC1. The van der Waals surface area contributed by atoms with Gasteiger partial charge in [-0.05, 0) is 29.8 Å². The monoisotopic (exact) mass is 422 g/mol. The molecule has 154 valence electrons. The second-order valence-electron chi connectivity index (χ2n) is 7.28. The number of benzene rings is 2. The fraction of sp³-hybridized carbons (Fsp3) is 0.273. The molecule has 1 aromatic heterocycles. The van der Waals surface area contributed by atoms with Crippen LogP contribution < -0.4 is 14.8 Å². The third kappa shape index (κ3) is 4.10. The Kier molecular flexibility index (Phi) is 5.25. The molecule has 1 saturated heterocycles. The molecular formula is C22H22N4O3S. The minimum Gasteiger partial charge on any atom is -0.454 e. The van der Waals surface area contributed by atoms with Crippen LogP contribution in [0.25, 0.3) is 0 Å². The lowest BCUT2D eigenvalue weighted by Crippen LogP contribution is -2.48. The highest BCUT2D eigenvalue weighted by Gasteiger charge is 2.24. The summed E-state index contributed by atoms with van der Waals surface area (Å²) in [5, 5.41) is 5.80. The number of thiazole rings is 1. The molecule has 2 aliphatic heterocycles. The highest BCUT2D eigenvalue weighted by molar-refractivity contribution is 7.14. The Morgan fingerprint density at radius 2 is 1.83 bits per heavy atom. The van der Waals surface area contributed by atoms with Gasteiger partial charge >= 0.3 is 0 Å². The van der Waals surface area contributed by atoms with E-state index in [9.17, 15) is 4.79 Å². The molecule has 3 aromatic rings. The molecule has 3 heterocycles. The van der Waals surface area contributed by atoms with E-state index in [-0.39, 0.29) is 5.91 Å². The lowest BCUT2D eigenvalue weighted by molar-refractivity contribution is 0.0623. The first-order chi connectivity index (χ1) is 14.7. The Morgan fingerprint density at radius 3 is 2.67 bits per heavy atom. The lowest BCUT2D eigenvalue weighted by atomic mass is 10.1. The number of carbonyl (C=O) groups excluding carboxylic acids is 1. The standard InChI is InChI=1S/C22H22N4O3S/c27-21(18-14-30-22(24-18)23-17-4-2-1-3-5-17)26-10-8-25(9-11-26)13-16-6-7-19-20(12-16)29-15-28-19/h1-7,12,14H,8-11,13,15H2,(H,23,24). The largest absolute Gasteiger partial charge is 0.454 e. The van der Waals surface area contributed by atoms with Crippen molar-refractivity contribution in [2.75, 3.05) is 38.3 Å². The predicted octanol–water partition coefficient (Wildman–Crippen LogP) is 3.57. The Hall–Kier alpha value is -3.10. The highest BCUT2D eigenvalue weighted by Crippen LogP contribution is 2.33. The smallest absolute Gasteiger partial charge is 0.273 e. The number of para-hydroxylation sites is 1. The van der Waals surface area contributed by atoms with Gasteiger partial charge in [-0.3, -0.25) is 9.69 Å². The fourth-order valence-electron chi connectivity index (χ4n) is 3.64. The number of carbonyl (C=O) groups is 1. The van der Waals surface area contributed by atoms with Crippen LogP contribution in [0.1, 0.15) is 16.1 Å². The summed E-state index contributed by atoms with van der Waals surface area (Å²) in [7, 11) is 0. The van der Waals surface area contributed by atoms with Gasteiger partial charge in [0.05, 0.1) is 0 Å². The first kappa shape index (κ1) is 18.9. The van der Waals surface area contributed by atoms with Crippen LogP contribution >= 0.6 is 11.3 Å². The molecule has 30 heavy (non-hydrogen) atoms. The third-order valence-corrected chi connectivity index (χ3v) is 6.01. The average Bonchev–Trinajstić information content (AvgIpc) is 3.44. The van der Waals surface area contributed by atoms with Crippen LogP contribution in [0.2, 0.25) is 0 Å². The van der Waals surface area contributed by atoms with Crippen molar-refractivity contribution in [3.63, 3.8) is 0 Å². The van der Waals surface area contributed by atoms with Gasteiger partial charge in [0.1, 0.15) is 5.69 Å². The number of rotatable bonds is 5. The van der Waals surface area contributed by atoms with Crippen LogP contribution in [0, 0.1) is 0 Å². The van der Waals surface area contributed by atoms with Crippen LogP contribution in [0.4, 0.5) is 10.8 Å². The maximum absolute atomic E-state index is 12.9. The maximum atomic E-state index is 12.9. The zero-order valence-corrected chi connectivity index (χ0v) is 17.2. The molecule has 1 fully saturated rings. The molecule has 0 atom stereocenters. The molecular weight excluding hydrogens is 400 g/mol. The molecule has 0 aliphatic carbocycles. The second kappa shape index (κ2) is 8.33. The van der Waals surface area contributed by atoms with Crippen LogP contribution in [-0.4, -0.2) is 53.7 Å². The van der Waals surface area contributed by atoms with E-state index < -0.39 is 0 Å². The Morgan fingerprint density at radius 1 is 1.03 bits per heavy atom. The minimum atomic E-state index is -0.00455. The van der Waals surface area contributed by atoms with E-state index in [1.54, 1.807) is 0 Å². The number of anilines is 2. The summed E-state index contributed by atoms with van der Waals surface area (Å²) in [6, 6.07) is 15.9. The van der Waals surface area contributed by atoms with Crippen LogP contribution in [0.15, 0.2) is 53.9 Å². The molecule has 0 saturated carbocycles. The van der Waals surface area contributed by atoms with Crippen molar-refractivity contribution < 1.29 is 14.3 Å². The molecule has 1 amide bonds. The summed E-state index contributed by atoms with van der Waals surface area (Å²) in [4.78, 5) is 21.6. The molecule has 0 unspecified atom stereocenters. The minimum absolute atomic E-state index is 0.00455. The summed E-state index contributed by atoms with van der Waals surface area (Å²) < 4.78 is 10.8. The predicted molar refractivity (Wildman–Crippen MR) is 116 cm³/mol. The summed E-state index contributed by atoms with van der Waals surface area (Å²) in [5.41, 5.74) is 2.65. The molecule has 0 spiro atoms. The zero-order chi connectivity index (χ0) is 20.3. The lowest BCUT2D eigenvalue weighted by Gasteiger charge is -2.34. The molecule has 1 N–H and O–H groups in total. The Bertz CT molecular complexity index is 1030. The van der Waals surface area contributed by atoms with Crippen molar-refractivity contribution in [3.8, 4) is 11.5 Å². The number of amides is 1. The Labute approximate surface area is 178 Å². The topological polar surface area (TPSA) is 66.9 Å². The van der Waals surface area contributed by atoms with Crippen LogP contribution in [0.5, 0.6) is 11.5 Å². The van der Waals surface area contributed by atoms with Crippen molar-refractivity contribution in [3.05, 3.63) is 65.2 Å². The number of ether oxygens (including phenoxy) is 2. The number of hydrogen-bond acceptors (Lipinski definition) is 7. The van der Waals surface area contributed by atoms with Gasteiger partial charge in [0.15, 0.2) is 16.6 Å². The number of hydrogen-bond donors (Lipinski definition) is 1. The van der Waals surface area contributed by atoms with Gasteiger partial charge in [-0.2, -0.15) is 0 Å². The summed E-state index contributed by atoms with van der Waals surface area (Å²) in [6.45, 7) is 4.18. The van der Waals surface area contributed by atoms with E-state index in [1.165, 1.54) is 16.9 Å². The number of piperazine rings is 1. The molecule has 2 aromatic carbocycles. The Balaban J connectivity index is 1.15.